The van der Waals surface area contributed by atoms with Gasteiger partial charge in [-0.05, 0) is 30.7 Å². The third kappa shape index (κ3) is 3.89. The largest absolute Gasteiger partial charge is 0.497 e. The van der Waals surface area contributed by atoms with Crippen molar-refractivity contribution in [2.24, 2.45) is 0 Å². The second-order valence-corrected chi connectivity index (χ2v) is 4.09. The van der Waals surface area contributed by atoms with Gasteiger partial charge in [0.25, 0.3) is 0 Å². The second-order valence-electron chi connectivity index (χ2n) is 4.09. The van der Waals surface area contributed by atoms with Gasteiger partial charge in [0, 0.05) is 13.1 Å². The van der Waals surface area contributed by atoms with Crippen molar-refractivity contribution < 1.29 is 14.6 Å². The lowest BCUT2D eigenvalue weighted by atomic mass is 10.2. The number of ether oxygens (including phenoxy) is 1. The van der Waals surface area contributed by atoms with Gasteiger partial charge in [0.2, 0.25) is 5.91 Å². The van der Waals surface area contributed by atoms with E-state index in [1.54, 1.807) is 27.2 Å². The van der Waals surface area contributed by atoms with Crippen LogP contribution in [0.2, 0.25) is 0 Å². The maximum absolute atomic E-state index is 11.8. The van der Waals surface area contributed by atoms with Crippen LogP contribution < -0.4 is 4.74 Å². The summed E-state index contributed by atoms with van der Waals surface area (Å²) in [5.41, 5.74) is 0.896. The van der Waals surface area contributed by atoms with E-state index in [0.29, 0.717) is 0 Å². The van der Waals surface area contributed by atoms with Crippen molar-refractivity contribution in [1.82, 2.24) is 4.90 Å². The number of hydrogen-bond acceptors (Lipinski definition) is 3. The maximum atomic E-state index is 11.8. The molecule has 1 amide bonds. The molecule has 0 heterocycles. The van der Waals surface area contributed by atoms with Crippen molar-refractivity contribution in [1.29, 1.82) is 0 Å². The Balaban J connectivity index is 2.71. The van der Waals surface area contributed by atoms with E-state index < -0.39 is 0 Å². The summed E-state index contributed by atoms with van der Waals surface area (Å²) in [6, 6.07) is 7.26. The first-order valence-electron chi connectivity index (χ1n) is 5.78. The molecule has 1 rings (SSSR count). The molecule has 0 radical (unpaired) electrons. The van der Waals surface area contributed by atoms with Crippen LogP contribution >= 0.6 is 0 Å². The van der Waals surface area contributed by atoms with Crippen LogP contribution in [0.3, 0.4) is 0 Å². The summed E-state index contributed by atoms with van der Waals surface area (Å²) >= 11 is 0. The highest BCUT2D eigenvalue weighted by Crippen LogP contribution is 2.13. The van der Waals surface area contributed by atoms with Crippen LogP contribution in [0.1, 0.15) is 12.5 Å². The Morgan fingerprint density at radius 1 is 1.56 bits per heavy atom. The minimum absolute atomic E-state index is 0.0464. The van der Waals surface area contributed by atoms with Crippen molar-refractivity contribution in [3.63, 3.8) is 0 Å². The number of carbonyl (C=O) groups excluding carboxylic acids is 1. The Labute approximate surface area is 107 Å². The van der Waals surface area contributed by atoms with Crippen molar-refractivity contribution in [2.45, 2.75) is 13.0 Å². The van der Waals surface area contributed by atoms with Gasteiger partial charge in [-0.1, -0.05) is 12.1 Å². The molecule has 98 valence electrons. The van der Waals surface area contributed by atoms with E-state index in [0.717, 1.165) is 11.3 Å². The SMILES string of the molecule is COc1cccc(/C=C/C(=O)N(C)C(C)CO)c1. The molecule has 0 saturated carbocycles. The predicted octanol–water partition coefficient (Wildman–Crippen LogP) is 1.55. The molecule has 1 atom stereocenters. The number of likely N-dealkylation sites (N-methyl/N-ethyl adjacent to an activating group) is 1. The lowest BCUT2D eigenvalue weighted by Gasteiger charge is -2.21. The molecule has 0 aliphatic carbocycles. The molecule has 0 bridgehead atoms. The molecule has 0 fully saturated rings. The minimum Gasteiger partial charge on any atom is -0.497 e. The van der Waals surface area contributed by atoms with Crippen LogP contribution in [0, 0.1) is 0 Å². The number of benzene rings is 1. The zero-order valence-electron chi connectivity index (χ0n) is 11.0. The van der Waals surface area contributed by atoms with E-state index >= 15 is 0 Å². The van der Waals surface area contributed by atoms with Crippen LogP contribution in [0.5, 0.6) is 5.75 Å². The van der Waals surface area contributed by atoms with Crippen molar-refractivity contribution in [3.8, 4) is 5.75 Å². The van der Waals surface area contributed by atoms with Crippen LogP contribution in [0.25, 0.3) is 6.08 Å². The molecule has 4 nitrogen and oxygen atoms in total. The first kappa shape index (κ1) is 14.3. The Morgan fingerprint density at radius 3 is 2.89 bits per heavy atom. The zero-order valence-corrected chi connectivity index (χ0v) is 11.0. The van der Waals surface area contributed by atoms with Crippen molar-refractivity contribution in [2.75, 3.05) is 20.8 Å². The molecule has 0 aromatic heterocycles. The number of aliphatic hydroxyl groups excluding tert-OH is 1. The van der Waals surface area contributed by atoms with E-state index in [-0.39, 0.29) is 18.6 Å². The molecular weight excluding hydrogens is 230 g/mol. The van der Waals surface area contributed by atoms with Gasteiger partial charge >= 0.3 is 0 Å². The van der Waals surface area contributed by atoms with Gasteiger partial charge < -0.3 is 14.7 Å². The molecule has 1 N–H and O–H groups in total. The van der Waals surface area contributed by atoms with Gasteiger partial charge in [-0.2, -0.15) is 0 Å². The lowest BCUT2D eigenvalue weighted by molar-refractivity contribution is -0.127. The molecule has 1 aromatic rings. The summed E-state index contributed by atoms with van der Waals surface area (Å²) in [7, 11) is 3.27. The predicted molar refractivity (Wildman–Crippen MR) is 71.3 cm³/mol. The van der Waals surface area contributed by atoms with E-state index in [9.17, 15) is 4.79 Å². The van der Waals surface area contributed by atoms with Gasteiger partial charge in [0.15, 0.2) is 0 Å². The molecule has 0 saturated heterocycles. The first-order chi connectivity index (χ1) is 8.58. The lowest BCUT2D eigenvalue weighted by Crippen LogP contribution is -2.36. The fraction of sp³-hybridized carbons (Fsp3) is 0.357. The highest BCUT2D eigenvalue weighted by molar-refractivity contribution is 5.91. The van der Waals surface area contributed by atoms with Gasteiger partial charge in [0.05, 0.1) is 19.8 Å². The number of aliphatic hydroxyl groups is 1. The summed E-state index contributed by atoms with van der Waals surface area (Å²) < 4.78 is 5.10. The topological polar surface area (TPSA) is 49.8 Å². The monoisotopic (exact) mass is 249 g/mol. The normalized spacial score (nSPS) is 12.4. The molecule has 4 heteroatoms. The fourth-order valence-electron chi connectivity index (χ4n) is 1.37. The Hall–Kier alpha value is -1.81. The van der Waals surface area contributed by atoms with Crippen molar-refractivity contribution in [3.05, 3.63) is 35.9 Å². The quantitative estimate of drug-likeness (QED) is 0.805. The molecule has 18 heavy (non-hydrogen) atoms. The van der Waals surface area contributed by atoms with E-state index in [1.165, 1.54) is 11.0 Å². The summed E-state index contributed by atoms with van der Waals surface area (Å²) in [5.74, 6) is 0.612. The summed E-state index contributed by atoms with van der Waals surface area (Å²) in [5, 5.41) is 8.97. The van der Waals surface area contributed by atoms with E-state index in [2.05, 4.69) is 0 Å². The third-order valence-corrected chi connectivity index (χ3v) is 2.79. The second kappa shape index (κ2) is 6.81. The number of carbonyl (C=O) groups is 1. The van der Waals surface area contributed by atoms with Crippen LogP contribution in [0.15, 0.2) is 30.3 Å². The van der Waals surface area contributed by atoms with E-state index in [1.807, 2.05) is 24.3 Å². The Kier molecular flexibility index (Phi) is 5.39. The van der Waals surface area contributed by atoms with E-state index in [4.69, 9.17) is 9.84 Å². The Morgan fingerprint density at radius 2 is 2.28 bits per heavy atom. The number of rotatable bonds is 5. The fourth-order valence-corrected chi connectivity index (χ4v) is 1.37. The van der Waals surface area contributed by atoms with Crippen molar-refractivity contribution >= 4 is 12.0 Å². The summed E-state index contributed by atoms with van der Waals surface area (Å²) in [6.45, 7) is 1.74. The molecule has 0 aliphatic heterocycles. The van der Waals surface area contributed by atoms with Gasteiger partial charge in [-0.25, -0.2) is 0 Å². The average molecular weight is 249 g/mol. The first-order valence-corrected chi connectivity index (χ1v) is 5.78. The molecule has 0 spiro atoms. The third-order valence-electron chi connectivity index (χ3n) is 2.79. The summed E-state index contributed by atoms with van der Waals surface area (Å²) in [4.78, 5) is 13.3. The van der Waals surface area contributed by atoms with Crippen LogP contribution in [-0.2, 0) is 4.79 Å². The van der Waals surface area contributed by atoms with Crippen LogP contribution in [-0.4, -0.2) is 42.7 Å². The maximum Gasteiger partial charge on any atom is 0.246 e. The van der Waals surface area contributed by atoms with Crippen LogP contribution in [0.4, 0.5) is 0 Å². The average Bonchev–Trinajstić information content (AvgIpc) is 2.43. The summed E-state index contributed by atoms with van der Waals surface area (Å²) in [6.07, 6.45) is 3.21. The Bertz CT molecular complexity index is 429. The number of amides is 1. The molecule has 0 aliphatic rings. The highest BCUT2D eigenvalue weighted by atomic mass is 16.5. The molecule has 1 aromatic carbocycles. The molecule has 1 unspecified atom stereocenters. The standard InChI is InChI=1S/C14H19NO3/c1-11(10-16)15(2)14(17)8-7-12-5-4-6-13(9-12)18-3/h4-9,11,16H,10H2,1-3H3/b8-7+. The number of nitrogens with zero attached hydrogens (tertiary/aromatic N) is 1. The smallest absolute Gasteiger partial charge is 0.246 e. The molecular formula is C14H19NO3. The van der Waals surface area contributed by atoms with Gasteiger partial charge in [-0.15, -0.1) is 0 Å². The van der Waals surface area contributed by atoms with Gasteiger partial charge in [0.1, 0.15) is 5.75 Å². The number of hydrogen-bond donors (Lipinski definition) is 1. The minimum atomic E-state index is -0.188. The zero-order chi connectivity index (χ0) is 13.5. The highest BCUT2D eigenvalue weighted by Gasteiger charge is 2.11. The number of methoxy groups -OCH3 is 1. The van der Waals surface area contributed by atoms with Gasteiger partial charge in [-0.3, -0.25) is 4.79 Å².